The van der Waals surface area contributed by atoms with Gasteiger partial charge in [-0.1, -0.05) is 41.7 Å². The molecule has 1 aliphatic carbocycles. The minimum Gasteiger partial charge on any atom is -0.351 e. The molecule has 1 aliphatic rings. The van der Waals surface area contributed by atoms with Crippen LogP contribution in [0.4, 0.5) is 4.39 Å². The first-order chi connectivity index (χ1) is 13.0. The van der Waals surface area contributed by atoms with Gasteiger partial charge in [-0.3, -0.25) is 14.2 Å². The summed E-state index contributed by atoms with van der Waals surface area (Å²) < 4.78 is 14.7. The second-order valence-electron chi connectivity index (χ2n) is 6.79. The van der Waals surface area contributed by atoms with Gasteiger partial charge in [0.15, 0.2) is 0 Å². The number of benzene rings is 2. The van der Waals surface area contributed by atoms with Crippen LogP contribution in [0.1, 0.15) is 22.8 Å². The summed E-state index contributed by atoms with van der Waals surface area (Å²) in [6.45, 7) is 1.80. The highest BCUT2D eigenvalue weighted by Gasteiger charge is 2.39. The maximum atomic E-state index is 13.2. The van der Waals surface area contributed by atoms with Crippen molar-refractivity contribution in [1.82, 2.24) is 9.88 Å². The standard InChI is InChI=1S/C21H19FN2O2S/c1-13-20(15-7-9-16(22)10-8-15)24(21(26)27-13)12-19(25)23-18-11-17(18)14-5-3-2-4-6-14/h2-10,17-18H,11-12H2,1H3,(H,23,25). The Morgan fingerprint density at radius 1 is 1.19 bits per heavy atom. The lowest BCUT2D eigenvalue weighted by Gasteiger charge is -2.10. The van der Waals surface area contributed by atoms with E-state index in [0.717, 1.165) is 28.2 Å². The first kappa shape index (κ1) is 17.7. The Morgan fingerprint density at radius 3 is 2.59 bits per heavy atom. The van der Waals surface area contributed by atoms with Crippen molar-refractivity contribution in [2.75, 3.05) is 0 Å². The van der Waals surface area contributed by atoms with Gasteiger partial charge in [-0.25, -0.2) is 4.39 Å². The molecule has 4 rings (SSSR count). The number of hydrogen-bond donors (Lipinski definition) is 1. The first-order valence-corrected chi connectivity index (χ1v) is 9.65. The van der Waals surface area contributed by atoms with Crippen LogP contribution in [-0.2, 0) is 11.3 Å². The number of carbonyl (C=O) groups is 1. The van der Waals surface area contributed by atoms with E-state index in [9.17, 15) is 14.0 Å². The van der Waals surface area contributed by atoms with Gasteiger partial charge in [0.05, 0.1) is 5.69 Å². The van der Waals surface area contributed by atoms with Gasteiger partial charge in [0.1, 0.15) is 12.4 Å². The van der Waals surface area contributed by atoms with Crippen LogP contribution in [0, 0.1) is 12.7 Å². The van der Waals surface area contributed by atoms with E-state index < -0.39 is 0 Å². The van der Waals surface area contributed by atoms with Gasteiger partial charge in [-0.15, -0.1) is 0 Å². The Bertz CT molecular complexity index is 1020. The summed E-state index contributed by atoms with van der Waals surface area (Å²) in [5.74, 6) is -0.173. The number of carbonyl (C=O) groups excluding carboxylic acids is 1. The fourth-order valence-corrected chi connectivity index (χ4v) is 4.30. The summed E-state index contributed by atoms with van der Waals surface area (Å²) in [5, 5.41) is 3.02. The molecule has 2 aromatic carbocycles. The molecule has 138 valence electrons. The van der Waals surface area contributed by atoms with Crippen LogP contribution in [0.3, 0.4) is 0 Å². The lowest BCUT2D eigenvalue weighted by molar-refractivity contribution is -0.121. The first-order valence-electron chi connectivity index (χ1n) is 8.83. The van der Waals surface area contributed by atoms with Gasteiger partial charge >= 0.3 is 4.87 Å². The summed E-state index contributed by atoms with van der Waals surface area (Å²) in [6, 6.07) is 16.2. The fourth-order valence-electron chi connectivity index (χ4n) is 3.45. The Kier molecular flexibility index (Phi) is 4.66. The van der Waals surface area contributed by atoms with E-state index in [1.165, 1.54) is 22.3 Å². The van der Waals surface area contributed by atoms with Crippen molar-refractivity contribution < 1.29 is 9.18 Å². The topological polar surface area (TPSA) is 51.1 Å². The largest absolute Gasteiger partial charge is 0.351 e. The van der Waals surface area contributed by atoms with Gasteiger partial charge in [0, 0.05) is 16.8 Å². The number of hydrogen-bond acceptors (Lipinski definition) is 3. The van der Waals surface area contributed by atoms with Crippen molar-refractivity contribution in [1.29, 1.82) is 0 Å². The highest BCUT2D eigenvalue weighted by atomic mass is 32.1. The number of aryl methyl sites for hydroxylation is 1. The Morgan fingerprint density at radius 2 is 1.89 bits per heavy atom. The zero-order chi connectivity index (χ0) is 19.0. The van der Waals surface area contributed by atoms with Gasteiger partial charge < -0.3 is 5.32 Å². The summed E-state index contributed by atoms with van der Waals surface area (Å²) in [5.41, 5.74) is 2.63. The lowest BCUT2D eigenvalue weighted by Crippen LogP contribution is -2.33. The van der Waals surface area contributed by atoms with E-state index in [2.05, 4.69) is 17.4 Å². The molecular weight excluding hydrogens is 363 g/mol. The van der Waals surface area contributed by atoms with Gasteiger partial charge in [0.25, 0.3) is 0 Å². The number of thiazole rings is 1. The molecule has 3 aromatic rings. The van der Waals surface area contributed by atoms with Crippen molar-refractivity contribution >= 4 is 17.2 Å². The molecule has 1 saturated carbocycles. The number of aromatic nitrogens is 1. The highest BCUT2D eigenvalue weighted by molar-refractivity contribution is 7.09. The molecule has 0 radical (unpaired) electrons. The molecule has 27 heavy (non-hydrogen) atoms. The number of amides is 1. The van der Waals surface area contributed by atoms with E-state index in [1.807, 2.05) is 25.1 Å². The Hall–Kier alpha value is -2.73. The minimum absolute atomic E-state index is 0.0338. The van der Waals surface area contributed by atoms with Crippen LogP contribution < -0.4 is 10.2 Å². The summed E-state index contributed by atoms with van der Waals surface area (Å²) in [4.78, 5) is 25.5. The molecule has 0 spiro atoms. The Balaban J connectivity index is 1.49. The molecule has 1 N–H and O–H groups in total. The van der Waals surface area contributed by atoms with Crippen LogP contribution in [0.25, 0.3) is 11.3 Å². The number of nitrogens with one attached hydrogen (secondary N) is 1. The molecule has 2 atom stereocenters. The van der Waals surface area contributed by atoms with E-state index in [4.69, 9.17) is 0 Å². The lowest BCUT2D eigenvalue weighted by atomic mass is 10.1. The summed E-state index contributed by atoms with van der Waals surface area (Å²) in [6.07, 6.45) is 0.915. The second kappa shape index (κ2) is 7.12. The van der Waals surface area contributed by atoms with Crippen molar-refractivity contribution in [3.63, 3.8) is 0 Å². The molecule has 1 fully saturated rings. The molecule has 0 aliphatic heterocycles. The zero-order valence-electron chi connectivity index (χ0n) is 14.8. The van der Waals surface area contributed by atoms with Crippen LogP contribution >= 0.6 is 11.3 Å². The molecule has 0 saturated heterocycles. The third kappa shape index (κ3) is 3.71. The summed E-state index contributed by atoms with van der Waals surface area (Å²) in [7, 11) is 0. The van der Waals surface area contributed by atoms with Crippen LogP contribution in [0.5, 0.6) is 0 Å². The van der Waals surface area contributed by atoms with Crippen LogP contribution in [-0.4, -0.2) is 16.5 Å². The number of nitrogens with zero attached hydrogens (tertiary/aromatic N) is 1. The van der Waals surface area contributed by atoms with Crippen molar-refractivity contribution in [2.24, 2.45) is 0 Å². The molecule has 0 bridgehead atoms. The molecule has 1 amide bonds. The van der Waals surface area contributed by atoms with E-state index in [-0.39, 0.29) is 29.2 Å². The van der Waals surface area contributed by atoms with Crippen molar-refractivity contribution in [2.45, 2.75) is 31.8 Å². The average molecular weight is 382 g/mol. The maximum absolute atomic E-state index is 13.2. The molecular formula is C21H19FN2O2S. The van der Waals surface area contributed by atoms with Crippen molar-refractivity contribution in [3.8, 4) is 11.3 Å². The number of halogens is 1. The fraction of sp³-hybridized carbons (Fsp3) is 0.238. The molecule has 2 unspecified atom stereocenters. The molecule has 4 nitrogen and oxygen atoms in total. The Labute approximate surface area is 160 Å². The van der Waals surface area contributed by atoms with Gasteiger partial charge in [0.2, 0.25) is 5.91 Å². The van der Waals surface area contributed by atoms with Gasteiger partial charge in [-0.2, -0.15) is 0 Å². The van der Waals surface area contributed by atoms with Crippen LogP contribution in [0.2, 0.25) is 0 Å². The maximum Gasteiger partial charge on any atom is 0.308 e. The molecule has 1 heterocycles. The van der Waals surface area contributed by atoms with E-state index in [1.54, 1.807) is 12.1 Å². The SMILES string of the molecule is Cc1sc(=O)n(CC(=O)NC2CC2c2ccccc2)c1-c1ccc(F)cc1. The third-order valence-electron chi connectivity index (χ3n) is 4.85. The third-order valence-corrected chi connectivity index (χ3v) is 5.74. The second-order valence-corrected chi connectivity index (χ2v) is 7.96. The predicted octanol–water partition coefficient (Wildman–Crippen LogP) is 3.70. The monoisotopic (exact) mass is 382 g/mol. The van der Waals surface area contributed by atoms with E-state index >= 15 is 0 Å². The summed E-state index contributed by atoms with van der Waals surface area (Å²) >= 11 is 1.10. The number of rotatable bonds is 5. The van der Waals surface area contributed by atoms with E-state index in [0.29, 0.717) is 11.6 Å². The van der Waals surface area contributed by atoms with Gasteiger partial charge in [-0.05, 0) is 48.7 Å². The molecule has 6 heteroatoms. The molecule has 1 aromatic heterocycles. The van der Waals surface area contributed by atoms with Crippen molar-refractivity contribution in [3.05, 3.63) is 80.5 Å². The average Bonchev–Trinajstić information content (AvgIpc) is 3.36. The quantitative estimate of drug-likeness (QED) is 0.732. The normalized spacial score (nSPS) is 18.3. The van der Waals surface area contributed by atoms with Crippen LogP contribution in [0.15, 0.2) is 59.4 Å². The highest BCUT2D eigenvalue weighted by Crippen LogP contribution is 2.40. The minimum atomic E-state index is -0.334. The zero-order valence-corrected chi connectivity index (χ0v) is 15.6. The predicted molar refractivity (Wildman–Crippen MR) is 104 cm³/mol. The smallest absolute Gasteiger partial charge is 0.308 e.